The molecule has 1 N–H and O–H groups in total. The highest BCUT2D eigenvalue weighted by atomic mass is 16.5. The van der Waals surface area contributed by atoms with Crippen molar-refractivity contribution in [2.45, 2.75) is 19.9 Å². The van der Waals surface area contributed by atoms with Crippen molar-refractivity contribution < 1.29 is 14.3 Å². The van der Waals surface area contributed by atoms with E-state index in [0.717, 1.165) is 23.5 Å². The van der Waals surface area contributed by atoms with Gasteiger partial charge in [0.25, 0.3) is 5.91 Å². The smallest absolute Gasteiger partial charge is 0.251 e. The van der Waals surface area contributed by atoms with E-state index in [1.165, 1.54) is 5.56 Å². The number of carbonyl (C=O) groups excluding carboxylic acids is 1. The summed E-state index contributed by atoms with van der Waals surface area (Å²) < 4.78 is 11.4. The summed E-state index contributed by atoms with van der Waals surface area (Å²) in [6.45, 7) is 3.72. The van der Waals surface area contributed by atoms with Crippen LogP contribution in [0, 0.1) is 6.92 Å². The largest absolute Gasteiger partial charge is 0.493 e. The van der Waals surface area contributed by atoms with Crippen molar-refractivity contribution in [3.8, 4) is 11.5 Å². The Morgan fingerprint density at radius 1 is 0.821 bits per heavy atom. The Labute approximate surface area is 166 Å². The fraction of sp³-hybridized carbons (Fsp3) is 0.208. The van der Waals surface area contributed by atoms with Gasteiger partial charge in [-0.1, -0.05) is 42.5 Å². The molecule has 0 unspecified atom stereocenters. The van der Waals surface area contributed by atoms with E-state index < -0.39 is 0 Å². The van der Waals surface area contributed by atoms with Crippen LogP contribution in [0.5, 0.6) is 11.5 Å². The van der Waals surface area contributed by atoms with Crippen LogP contribution in [0.3, 0.4) is 0 Å². The molecule has 0 aliphatic rings. The minimum atomic E-state index is -0.0954. The molecule has 0 aliphatic carbocycles. The van der Waals surface area contributed by atoms with Crippen LogP contribution >= 0.6 is 0 Å². The van der Waals surface area contributed by atoms with Gasteiger partial charge in [-0.05, 0) is 54.4 Å². The highest BCUT2D eigenvalue weighted by molar-refractivity contribution is 5.94. The molecule has 0 spiro atoms. The van der Waals surface area contributed by atoms with Gasteiger partial charge in [-0.3, -0.25) is 4.79 Å². The SMILES string of the molecule is Cc1cccc(OCCCOc2ccc(C(=O)NCc3ccccc3)cc2)c1. The van der Waals surface area contributed by atoms with Crippen LogP contribution in [0.1, 0.15) is 27.9 Å². The van der Waals surface area contributed by atoms with Gasteiger partial charge in [-0.2, -0.15) is 0 Å². The summed E-state index contributed by atoms with van der Waals surface area (Å²) in [7, 11) is 0. The minimum Gasteiger partial charge on any atom is -0.493 e. The van der Waals surface area contributed by atoms with Crippen molar-refractivity contribution in [2.24, 2.45) is 0 Å². The number of benzene rings is 3. The highest BCUT2D eigenvalue weighted by Gasteiger charge is 2.05. The Hall–Kier alpha value is -3.27. The number of ether oxygens (including phenoxy) is 2. The summed E-state index contributed by atoms with van der Waals surface area (Å²) in [6.07, 6.45) is 0.785. The fourth-order valence-corrected chi connectivity index (χ4v) is 2.73. The first-order valence-corrected chi connectivity index (χ1v) is 9.45. The second kappa shape index (κ2) is 10.2. The number of hydrogen-bond acceptors (Lipinski definition) is 3. The minimum absolute atomic E-state index is 0.0954. The van der Waals surface area contributed by atoms with Gasteiger partial charge in [0.1, 0.15) is 11.5 Å². The lowest BCUT2D eigenvalue weighted by molar-refractivity contribution is 0.0951. The predicted octanol–water partition coefficient (Wildman–Crippen LogP) is 4.77. The Kier molecular flexibility index (Phi) is 7.08. The summed E-state index contributed by atoms with van der Waals surface area (Å²) in [5.41, 5.74) is 2.87. The van der Waals surface area contributed by atoms with Gasteiger partial charge in [0.15, 0.2) is 0 Å². The molecule has 4 nitrogen and oxygen atoms in total. The van der Waals surface area contributed by atoms with Crippen LogP contribution in [0.15, 0.2) is 78.9 Å². The summed E-state index contributed by atoms with van der Waals surface area (Å²) in [5, 5.41) is 2.92. The summed E-state index contributed by atoms with van der Waals surface area (Å²) in [6, 6.07) is 25.0. The van der Waals surface area contributed by atoms with E-state index >= 15 is 0 Å². The van der Waals surface area contributed by atoms with E-state index in [4.69, 9.17) is 9.47 Å². The van der Waals surface area contributed by atoms with Gasteiger partial charge in [-0.15, -0.1) is 0 Å². The van der Waals surface area contributed by atoms with Crippen LogP contribution in [0.4, 0.5) is 0 Å². The van der Waals surface area contributed by atoms with Crippen molar-refractivity contribution in [3.05, 3.63) is 95.6 Å². The quantitative estimate of drug-likeness (QED) is 0.548. The normalized spacial score (nSPS) is 10.3. The Morgan fingerprint density at radius 2 is 1.54 bits per heavy atom. The van der Waals surface area contributed by atoms with Crippen LogP contribution < -0.4 is 14.8 Å². The number of rotatable bonds is 9. The van der Waals surface area contributed by atoms with Crippen molar-refractivity contribution in [3.63, 3.8) is 0 Å². The number of aryl methyl sites for hydroxylation is 1. The molecule has 0 radical (unpaired) electrons. The van der Waals surface area contributed by atoms with Crippen molar-refractivity contribution >= 4 is 5.91 Å². The van der Waals surface area contributed by atoms with Gasteiger partial charge in [0, 0.05) is 18.5 Å². The summed E-state index contributed by atoms with van der Waals surface area (Å²) in [5.74, 6) is 1.53. The highest BCUT2D eigenvalue weighted by Crippen LogP contribution is 2.14. The molecule has 0 bridgehead atoms. The Bertz CT molecular complexity index is 876. The maximum absolute atomic E-state index is 12.2. The molecule has 0 aliphatic heterocycles. The number of hydrogen-bond donors (Lipinski definition) is 1. The van der Waals surface area contributed by atoms with Crippen molar-refractivity contribution in [1.82, 2.24) is 5.32 Å². The zero-order valence-electron chi connectivity index (χ0n) is 16.1. The van der Waals surface area contributed by atoms with E-state index in [1.54, 1.807) is 12.1 Å². The first kappa shape index (κ1) is 19.5. The standard InChI is InChI=1S/C24H25NO3/c1-19-7-5-10-23(17-19)28-16-6-15-27-22-13-11-21(12-14-22)24(26)25-18-20-8-3-2-4-9-20/h2-5,7-14,17H,6,15-16,18H2,1H3,(H,25,26). The average molecular weight is 375 g/mol. The molecule has 0 heterocycles. The first-order chi connectivity index (χ1) is 13.7. The second-order valence-corrected chi connectivity index (χ2v) is 6.56. The number of carbonyl (C=O) groups is 1. The van der Waals surface area contributed by atoms with Gasteiger partial charge in [0.2, 0.25) is 0 Å². The number of amides is 1. The summed E-state index contributed by atoms with van der Waals surface area (Å²) in [4.78, 5) is 12.2. The van der Waals surface area contributed by atoms with Crippen LogP contribution in [-0.2, 0) is 6.54 Å². The van der Waals surface area contributed by atoms with E-state index in [-0.39, 0.29) is 5.91 Å². The molecule has 144 valence electrons. The summed E-state index contributed by atoms with van der Waals surface area (Å²) >= 11 is 0. The molecule has 4 heteroatoms. The molecule has 0 atom stereocenters. The maximum Gasteiger partial charge on any atom is 0.251 e. The predicted molar refractivity (Wildman–Crippen MR) is 111 cm³/mol. The maximum atomic E-state index is 12.2. The van der Waals surface area contributed by atoms with Gasteiger partial charge in [-0.25, -0.2) is 0 Å². The molecular weight excluding hydrogens is 350 g/mol. The molecule has 28 heavy (non-hydrogen) atoms. The molecule has 0 aromatic heterocycles. The molecule has 3 aromatic rings. The monoisotopic (exact) mass is 375 g/mol. The second-order valence-electron chi connectivity index (χ2n) is 6.56. The lowest BCUT2D eigenvalue weighted by Crippen LogP contribution is -2.22. The third-order valence-electron chi connectivity index (χ3n) is 4.23. The molecule has 0 saturated heterocycles. The van der Waals surface area contributed by atoms with Crippen LogP contribution in [0.2, 0.25) is 0 Å². The lowest BCUT2D eigenvalue weighted by atomic mass is 10.2. The van der Waals surface area contributed by atoms with Gasteiger partial charge >= 0.3 is 0 Å². The molecule has 3 aromatic carbocycles. The zero-order valence-corrected chi connectivity index (χ0v) is 16.1. The first-order valence-electron chi connectivity index (χ1n) is 9.45. The van der Waals surface area contributed by atoms with E-state index in [0.29, 0.717) is 25.3 Å². The van der Waals surface area contributed by atoms with Gasteiger partial charge in [0.05, 0.1) is 13.2 Å². The molecule has 1 amide bonds. The molecule has 0 saturated carbocycles. The van der Waals surface area contributed by atoms with E-state index in [1.807, 2.05) is 73.7 Å². The van der Waals surface area contributed by atoms with Crippen molar-refractivity contribution in [2.75, 3.05) is 13.2 Å². The zero-order chi connectivity index (χ0) is 19.6. The third-order valence-corrected chi connectivity index (χ3v) is 4.23. The van der Waals surface area contributed by atoms with Crippen LogP contribution in [0.25, 0.3) is 0 Å². The topological polar surface area (TPSA) is 47.6 Å². The number of nitrogens with one attached hydrogen (secondary N) is 1. The van der Waals surface area contributed by atoms with E-state index in [2.05, 4.69) is 5.32 Å². The van der Waals surface area contributed by atoms with Crippen LogP contribution in [-0.4, -0.2) is 19.1 Å². The molecule has 3 rings (SSSR count). The molecule has 0 fully saturated rings. The fourth-order valence-electron chi connectivity index (χ4n) is 2.73. The average Bonchev–Trinajstić information content (AvgIpc) is 2.73. The Morgan fingerprint density at radius 3 is 2.25 bits per heavy atom. The van der Waals surface area contributed by atoms with Gasteiger partial charge < -0.3 is 14.8 Å². The van der Waals surface area contributed by atoms with Crippen molar-refractivity contribution in [1.29, 1.82) is 0 Å². The lowest BCUT2D eigenvalue weighted by Gasteiger charge is -2.09. The third kappa shape index (κ3) is 6.16. The molecular formula is C24H25NO3. The Balaban J connectivity index is 1.37. The van der Waals surface area contributed by atoms with E-state index in [9.17, 15) is 4.79 Å².